The Morgan fingerprint density at radius 3 is 2.87 bits per heavy atom. The van der Waals surface area contributed by atoms with Crippen LogP contribution in [0.25, 0.3) is 0 Å². The largest absolute Gasteiger partial charge is 0.416 e. The smallest absolute Gasteiger partial charge is 0.391 e. The number of likely N-dealkylation sites (tertiary alicyclic amines) is 1. The molecule has 126 valence electrons. The summed E-state index contributed by atoms with van der Waals surface area (Å²) in [5, 5.41) is 3.93. The van der Waals surface area contributed by atoms with Crippen LogP contribution in [0.5, 0.6) is 0 Å². The van der Waals surface area contributed by atoms with Gasteiger partial charge < -0.3 is 4.84 Å². The highest BCUT2D eigenvalue weighted by Crippen LogP contribution is 2.31. The van der Waals surface area contributed by atoms with E-state index in [0.717, 1.165) is 43.0 Å². The van der Waals surface area contributed by atoms with E-state index in [2.05, 4.69) is 26.0 Å². The van der Waals surface area contributed by atoms with Crippen LogP contribution < -0.4 is 0 Å². The van der Waals surface area contributed by atoms with E-state index >= 15 is 0 Å². The molecule has 3 rings (SSSR count). The molecule has 7 heteroatoms. The Morgan fingerprint density at radius 1 is 1.35 bits per heavy atom. The number of nitrogens with zero attached hydrogens (tertiary/aromatic N) is 2. The number of hydrogen-bond donors (Lipinski definition) is 0. The molecule has 2 aliphatic heterocycles. The second-order valence-corrected chi connectivity index (χ2v) is 7.07. The van der Waals surface area contributed by atoms with E-state index in [4.69, 9.17) is 4.84 Å². The minimum Gasteiger partial charge on any atom is -0.391 e. The average molecular weight is 391 g/mol. The molecule has 2 heterocycles. The molecule has 1 saturated heterocycles. The highest BCUT2D eigenvalue weighted by molar-refractivity contribution is 9.18. The van der Waals surface area contributed by atoms with Crippen molar-refractivity contribution in [3.05, 3.63) is 35.4 Å². The number of benzene rings is 1. The number of alkyl halides is 3. The molecule has 2 atom stereocenters. The summed E-state index contributed by atoms with van der Waals surface area (Å²) in [4.78, 5) is 7.64. The van der Waals surface area contributed by atoms with Crippen molar-refractivity contribution in [1.82, 2.24) is 4.90 Å². The molecule has 23 heavy (non-hydrogen) atoms. The molecule has 0 saturated carbocycles. The summed E-state index contributed by atoms with van der Waals surface area (Å²) in [6.45, 7) is 2.27. The average Bonchev–Trinajstić information content (AvgIpc) is 2.94. The summed E-state index contributed by atoms with van der Waals surface area (Å²) >= 11 is 3.35. The van der Waals surface area contributed by atoms with Crippen molar-refractivity contribution in [3.63, 3.8) is 0 Å². The van der Waals surface area contributed by atoms with Crippen molar-refractivity contribution in [1.29, 1.82) is 0 Å². The van der Waals surface area contributed by atoms with Crippen LogP contribution >= 0.6 is 15.9 Å². The first-order valence-corrected chi connectivity index (χ1v) is 8.48. The molecular formula is C16H18BrF3N2O. The van der Waals surface area contributed by atoms with Gasteiger partial charge in [0.2, 0.25) is 0 Å². The van der Waals surface area contributed by atoms with Gasteiger partial charge in [-0.15, -0.1) is 0 Å². The highest BCUT2D eigenvalue weighted by Gasteiger charge is 2.33. The Kier molecular flexibility index (Phi) is 4.96. The van der Waals surface area contributed by atoms with Crippen LogP contribution in [0.1, 0.15) is 30.4 Å². The molecule has 3 nitrogen and oxygen atoms in total. The molecule has 1 aromatic rings. The van der Waals surface area contributed by atoms with Gasteiger partial charge in [-0.2, -0.15) is 13.2 Å². The van der Waals surface area contributed by atoms with E-state index in [0.29, 0.717) is 18.0 Å². The predicted octanol–water partition coefficient (Wildman–Crippen LogP) is 4.41. The minimum absolute atomic E-state index is 0.0775. The van der Waals surface area contributed by atoms with Crippen molar-refractivity contribution in [2.24, 2.45) is 11.1 Å². The maximum Gasteiger partial charge on any atom is 0.416 e. The first-order chi connectivity index (χ1) is 10.9. The lowest BCUT2D eigenvalue weighted by molar-refractivity contribution is -0.137. The van der Waals surface area contributed by atoms with E-state index in [-0.39, 0.29) is 6.10 Å². The van der Waals surface area contributed by atoms with E-state index in [1.807, 2.05) is 0 Å². The minimum atomic E-state index is -4.29. The molecule has 0 bridgehead atoms. The van der Waals surface area contributed by atoms with Gasteiger partial charge in [0.15, 0.2) is 0 Å². The quantitative estimate of drug-likeness (QED) is 0.763. The van der Waals surface area contributed by atoms with Crippen molar-refractivity contribution in [3.8, 4) is 0 Å². The molecule has 0 amide bonds. The van der Waals surface area contributed by atoms with Crippen molar-refractivity contribution in [2.45, 2.75) is 38.1 Å². The third-order valence-electron chi connectivity index (χ3n) is 4.39. The third kappa shape index (κ3) is 4.26. The SMILES string of the molecule is FC(F)(F)c1cccc(CN2CCC[C@@H](C3CC(Br)=NO3)C2)c1. The van der Waals surface area contributed by atoms with Gasteiger partial charge in [-0.1, -0.05) is 23.4 Å². The molecule has 0 spiro atoms. The van der Waals surface area contributed by atoms with Gasteiger partial charge in [-0.25, -0.2) is 0 Å². The van der Waals surface area contributed by atoms with Crippen molar-refractivity contribution < 1.29 is 18.0 Å². The Hall–Kier alpha value is -1.08. The Morgan fingerprint density at radius 2 is 2.17 bits per heavy atom. The third-order valence-corrected chi connectivity index (χ3v) is 4.85. The van der Waals surface area contributed by atoms with Gasteiger partial charge in [0, 0.05) is 25.4 Å². The molecule has 0 aromatic heterocycles. The van der Waals surface area contributed by atoms with Crippen LogP contribution in [0.4, 0.5) is 13.2 Å². The van der Waals surface area contributed by atoms with E-state index in [1.165, 1.54) is 12.1 Å². The lowest BCUT2D eigenvalue weighted by Crippen LogP contribution is -2.40. The van der Waals surface area contributed by atoms with Gasteiger partial charge in [0.05, 0.1) is 5.56 Å². The van der Waals surface area contributed by atoms with E-state index < -0.39 is 11.7 Å². The fourth-order valence-corrected chi connectivity index (χ4v) is 3.66. The summed E-state index contributed by atoms with van der Waals surface area (Å²) < 4.78 is 39.2. The monoisotopic (exact) mass is 390 g/mol. The fourth-order valence-electron chi connectivity index (χ4n) is 3.26. The molecule has 2 aliphatic rings. The summed E-state index contributed by atoms with van der Waals surface area (Å²) in [7, 11) is 0. The van der Waals surface area contributed by atoms with Crippen LogP contribution in [-0.4, -0.2) is 28.7 Å². The Bertz CT molecular complexity index is 591. The molecule has 1 aromatic carbocycles. The first kappa shape index (κ1) is 16.8. The van der Waals surface area contributed by atoms with Gasteiger partial charge in [-0.3, -0.25) is 4.90 Å². The molecule has 0 N–H and O–H groups in total. The van der Waals surface area contributed by atoms with Crippen molar-refractivity contribution >= 4 is 20.6 Å². The standard InChI is InChI=1S/C16H18BrF3N2O/c17-15-8-14(23-21-15)12-4-2-6-22(10-12)9-11-3-1-5-13(7-11)16(18,19)20/h1,3,5,7,12,14H,2,4,6,8-10H2/t12-,14?/m1/s1. The normalized spacial score (nSPS) is 26.0. The van der Waals surface area contributed by atoms with Gasteiger partial charge in [-0.05, 0) is 46.9 Å². The van der Waals surface area contributed by atoms with Crippen LogP contribution in [-0.2, 0) is 17.6 Å². The fraction of sp³-hybridized carbons (Fsp3) is 0.562. The maximum absolute atomic E-state index is 12.8. The lowest BCUT2D eigenvalue weighted by Gasteiger charge is -2.34. The van der Waals surface area contributed by atoms with Crippen LogP contribution in [0, 0.1) is 5.92 Å². The second kappa shape index (κ2) is 6.81. The summed E-state index contributed by atoms with van der Waals surface area (Å²) in [6.07, 6.45) is -1.33. The van der Waals surface area contributed by atoms with Gasteiger partial charge in [0.25, 0.3) is 0 Å². The molecule has 1 fully saturated rings. The number of oxime groups is 1. The predicted molar refractivity (Wildman–Crippen MR) is 85.3 cm³/mol. The first-order valence-electron chi connectivity index (χ1n) is 7.68. The van der Waals surface area contributed by atoms with Crippen molar-refractivity contribution in [2.75, 3.05) is 13.1 Å². The van der Waals surface area contributed by atoms with Crippen LogP contribution in [0.3, 0.4) is 0 Å². The van der Waals surface area contributed by atoms with Gasteiger partial charge >= 0.3 is 6.18 Å². The molecule has 1 unspecified atom stereocenters. The second-order valence-electron chi connectivity index (χ2n) is 6.15. The zero-order chi connectivity index (χ0) is 16.4. The zero-order valence-corrected chi connectivity index (χ0v) is 14.1. The molecular weight excluding hydrogens is 373 g/mol. The summed E-state index contributed by atoms with van der Waals surface area (Å²) in [5.41, 5.74) is 0.116. The van der Waals surface area contributed by atoms with Gasteiger partial charge in [0.1, 0.15) is 10.7 Å². The van der Waals surface area contributed by atoms with E-state index in [1.54, 1.807) is 6.07 Å². The molecule has 0 aliphatic carbocycles. The lowest BCUT2D eigenvalue weighted by atomic mass is 9.91. The Labute approximate surface area is 141 Å². The van der Waals surface area contributed by atoms with E-state index in [9.17, 15) is 13.2 Å². The summed E-state index contributed by atoms with van der Waals surface area (Å²) in [5.74, 6) is 0.369. The Balaban J connectivity index is 1.62. The number of halogens is 4. The van der Waals surface area contributed by atoms with Crippen LogP contribution in [0.2, 0.25) is 0 Å². The topological polar surface area (TPSA) is 24.8 Å². The molecule has 0 radical (unpaired) electrons. The number of piperidine rings is 1. The maximum atomic E-state index is 12.8. The zero-order valence-electron chi connectivity index (χ0n) is 12.5. The number of hydrogen-bond acceptors (Lipinski definition) is 3. The summed E-state index contributed by atoms with van der Waals surface area (Å²) in [6, 6.07) is 5.59. The van der Waals surface area contributed by atoms with Crippen LogP contribution in [0.15, 0.2) is 29.4 Å². The number of rotatable bonds is 3. The highest BCUT2D eigenvalue weighted by atomic mass is 79.9.